The number of nitrogens with one attached hydrogen (secondary N) is 1. The molecular weight excluding hydrogens is 278 g/mol. The number of hydrogen-bond donors (Lipinski definition) is 1. The van der Waals surface area contributed by atoms with Crippen molar-refractivity contribution < 1.29 is 9.59 Å². The Bertz CT molecular complexity index is 705. The molecule has 0 fully saturated rings. The number of carbonyl (C=O) groups excluding carboxylic acids is 2. The quantitative estimate of drug-likeness (QED) is 0.909. The van der Waals surface area contributed by atoms with E-state index in [0.29, 0.717) is 18.6 Å². The second kappa shape index (κ2) is 7.93. The first-order valence-corrected chi connectivity index (χ1v) is 7.16. The molecule has 22 heavy (non-hydrogen) atoms. The zero-order valence-electron chi connectivity index (χ0n) is 12.5. The number of amides is 2. The number of pyridine rings is 1. The largest absolute Gasteiger partial charge is 0.356 e. The number of nitrogens with zero attached hydrogens (tertiary/aromatic N) is 2. The average molecular weight is 297 g/mol. The zero-order chi connectivity index (χ0) is 15.8. The molecule has 0 bridgehead atoms. The minimum Gasteiger partial charge on any atom is -0.356 e. The van der Waals surface area contributed by atoms with Crippen molar-refractivity contribution in [2.75, 3.05) is 6.54 Å². The van der Waals surface area contributed by atoms with Crippen LogP contribution in [0.4, 0.5) is 0 Å². The highest BCUT2D eigenvalue weighted by Crippen LogP contribution is 2.00. The Hall–Kier alpha value is -2.69. The van der Waals surface area contributed by atoms with Crippen LogP contribution in [0.15, 0.2) is 59.7 Å². The summed E-state index contributed by atoms with van der Waals surface area (Å²) >= 11 is 0. The molecule has 0 saturated carbocycles. The number of benzene rings is 1. The van der Waals surface area contributed by atoms with Crippen molar-refractivity contribution in [1.82, 2.24) is 9.88 Å². The molecule has 114 valence electrons. The van der Waals surface area contributed by atoms with Crippen LogP contribution in [0.2, 0.25) is 0 Å². The van der Waals surface area contributed by atoms with E-state index in [1.54, 1.807) is 6.07 Å². The van der Waals surface area contributed by atoms with E-state index in [0.717, 1.165) is 5.56 Å². The van der Waals surface area contributed by atoms with Gasteiger partial charge in [0.05, 0.1) is 0 Å². The third-order valence-corrected chi connectivity index (χ3v) is 3.06. The highest BCUT2D eigenvalue weighted by molar-refractivity contribution is 5.78. The maximum absolute atomic E-state index is 11.9. The standard InChI is InChI=1S/C17H19N3O2/c1-14(21)18-11-10-17(22)19-16-9-5-6-12-20(16)13-15-7-3-2-4-8-15/h2-9,12H,10-11,13H2,1H3,(H,18,21). The van der Waals surface area contributed by atoms with E-state index in [1.165, 1.54) is 6.92 Å². The van der Waals surface area contributed by atoms with E-state index in [-0.39, 0.29) is 18.2 Å². The Kier molecular flexibility index (Phi) is 5.65. The fraction of sp³-hybridized carbons (Fsp3) is 0.235. The molecule has 0 aliphatic heterocycles. The summed E-state index contributed by atoms with van der Waals surface area (Å²) in [6.07, 6.45) is 2.09. The minimum atomic E-state index is -0.248. The van der Waals surface area contributed by atoms with Crippen molar-refractivity contribution in [2.45, 2.75) is 19.9 Å². The Morgan fingerprint density at radius 3 is 2.55 bits per heavy atom. The predicted molar refractivity (Wildman–Crippen MR) is 83.8 cm³/mol. The summed E-state index contributed by atoms with van der Waals surface area (Å²) < 4.78 is 1.92. The molecule has 0 radical (unpaired) electrons. The number of rotatable bonds is 5. The van der Waals surface area contributed by atoms with Gasteiger partial charge in [-0.3, -0.25) is 9.59 Å². The topological polar surface area (TPSA) is 63.5 Å². The average Bonchev–Trinajstić information content (AvgIpc) is 2.50. The molecule has 1 aromatic carbocycles. The lowest BCUT2D eigenvalue weighted by Gasteiger charge is -2.07. The summed E-state index contributed by atoms with van der Waals surface area (Å²) in [6.45, 7) is 2.38. The zero-order valence-corrected chi connectivity index (χ0v) is 12.5. The Morgan fingerprint density at radius 2 is 1.82 bits per heavy atom. The van der Waals surface area contributed by atoms with Gasteiger partial charge in [-0.25, -0.2) is 0 Å². The van der Waals surface area contributed by atoms with Crippen LogP contribution in [0, 0.1) is 0 Å². The second-order valence-corrected chi connectivity index (χ2v) is 4.91. The Balaban J connectivity index is 2.12. The molecule has 0 unspecified atom stereocenters. The monoisotopic (exact) mass is 297 g/mol. The lowest BCUT2D eigenvalue weighted by atomic mass is 10.2. The third kappa shape index (κ3) is 5.01. The van der Waals surface area contributed by atoms with Gasteiger partial charge in [-0.15, -0.1) is 0 Å². The SMILES string of the molecule is CC(=O)NCCC(=O)N=c1ccccn1Cc1ccccc1. The van der Waals surface area contributed by atoms with Crippen molar-refractivity contribution in [2.24, 2.45) is 4.99 Å². The van der Waals surface area contributed by atoms with Crippen molar-refractivity contribution in [3.63, 3.8) is 0 Å². The highest BCUT2D eigenvalue weighted by Gasteiger charge is 2.01. The molecule has 0 aliphatic carbocycles. The first-order chi connectivity index (χ1) is 10.6. The maximum atomic E-state index is 11.9. The van der Waals surface area contributed by atoms with E-state index in [4.69, 9.17) is 0 Å². The van der Waals surface area contributed by atoms with Crippen LogP contribution in [-0.4, -0.2) is 22.9 Å². The summed E-state index contributed by atoms with van der Waals surface area (Å²) in [7, 11) is 0. The van der Waals surface area contributed by atoms with Gasteiger partial charge in [0.2, 0.25) is 11.8 Å². The number of hydrogen-bond acceptors (Lipinski definition) is 2. The van der Waals surface area contributed by atoms with Crippen LogP contribution in [-0.2, 0) is 16.1 Å². The van der Waals surface area contributed by atoms with Gasteiger partial charge in [0.15, 0.2) is 0 Å². The molecule has 0 saturated heterocycles. The predicted octanol–water partition coefficient (Wildman–Crippen LogP) is 1.49. The molecule has 0 spiro atoms. The van der Waals surface area contributed by atoms with Crippen molar-refractivity contribution in [1.29, 1.82) is 0 Å². The van der Waals surface area contributed by atoms with Crippen LogP contribution < -0.4 is 10.8 Å². The lowest BCUT2D eigenvalue weighted by Crippen LogP contribution is -2.25. The van der Waals surface area contributed by atoms with Gasteiger partial charge < -0.3 is 9.88 Å². The molecule has 2 amide bonds. The summed E-state index contributed by atoms with van der Waals surface area (Å²) in [4.78, 5) is 26.8. The van der Waals surface area contributed by atoms with Gasteiger partial charge in [-0.2, -0.15) is 4.99 Å². The van der Waals surface area contributed by atoms with Crippen molar-refractivity contribution in [3.05, 3.63) is 65.8 Å². The van der Waals surface area contributed by atoms with Gasteiger partial charge in [-0.1, -0.05) is 36.4 Å². The molecule has 1 N–H and O–H groups in total. The van der Waals surface area contributed by atoms with E-state index < -0.39 is 0 Å². The molecule has 2 aromatic rings. The van der Waals surface area contributed by atoms with Crippen molar-refractivity contribution in [3.8, 4) is 0 Å². The second-order valence-electron chi connectivity index (χ2n) is 4.91. The maximum Gasteiger partial charge on any atom is 0.249 e. The third-order valence-electron chi connectivity index (χ3n) is 3.06. The van der Waals surface area contributed by atoms with Crippen LogP contribution in [0.3, 0.4) is 0 Å². The normalized spacial score (nSPS) is 11.2. The Labute approximate surface area is 129 Å². The molecule has 1 heterocycles. The van der Waals surface area contributed by atoms with Gasteiger partial charge in [0.25, 0.3) is 0 Å². The summed E-state index contributed by atoms with van der Waals surface area (Å²) in [5.74, 6) is -0.395. The van der Waals surface area contributed by atoms with Gasteiger partial charge in [0.1, 0.15) is 5.49 Å². The Morgan fingerprint density at radius 1 is 1.09 bits per heavy atom. The summed E-state index contributed by atoms with van der Waals surface area (Å²) in [6, 6.07) is 15.5. The number of aromatic nitrogens is 1. The van der Waals surface area contributed by atoms with E-state index in [2.05, 4.69) is 10.3 Å². The van der Waals surface area contributed by atoms with E-state index in [9.17, 15) is 9.59 Å². The summed E-state index contributed by atoms with van der Waals surface area (Å²) in [5.41, 5.74) is 1.75. The summed E-state index contributed by atoms with van der Waals surface area (Å²) in [5, 5.41) is 2.59. The first kappa shape index (κ1) is 15.7. The molecule has 0 aliphatic rings. The highest BCUT2D eigenvalue weighted by atomic mass is 16.2. The van der Waals surface area contributed by atoms with Crippen LogP contribution in [0.1, 0.15) is 18.9 Å². The van der Waals surface area contributed by atoms with Crippen LogP contribution >= 0.6 is 0 Å². The van der Waals surface area contributed by atoms with E-state index >= 15 is 0 Å². The lowest BCUT2D eigenvalue weighted by molar-refractivity contribution is -0.119. The molecule has 5 nitrogen and oxygen atoms in total. The van der Waals surface area contributed by atoms with Crippen LogP contribution in [0.25, 0.3) is 0 Å². The smallest absolute Gasteiger partial charge is 0.249 e. The van der Waals surface area contributed by atoms with Gasteiger partial charge >= 0.3 is 0 Å². The van der Waals surface area contributed by atoms with Crippen LogP contribution in [0.5, 0.6) is 0 Å². The molecule has 1 aromatic heterocycles. The van der Waals surface area contributed by atoms with Gasteiger partial charge in [0, 0.05) is 32.6 Å². The molecular formula is C17H19N3O2. The molecule has 0 atom stereocenters. The fourth-order valence-electron chi connectivity index (χ4n) is 2.01. The molecule has 2 rings (SSSR count). The molecule has 5 heteroatoms. The van der Waals surface area contributed by atoms with E-state index in [1.807, 2.05) is 53.2 Å². The van der Waals surface area contributed by atoms with Crippen molar-refractivity contribution >= 4 is 11.8 Å². The first-order valence-electron chi connectivity index (χ1n) is 7.16. The minimum absolute atomic E-state index is 0.147. The number of carbonyl (C=O) groups is 2. The van der Waals surface area contributed by atoms with Gasteiger partial charge in [-0.05, 0) is 17.7 Å². The fourth-order valence-corrected chi connectivity index (χ4v) is 2.01.